The van der Waals surface area contributed by atoms with Crippen LogP contribution in [0.25, 0.3) is 0 Å². The van der Waals surface area contributed by atoms with E-state index in [9.17, 15) is 19.5 Å². The van der Waals surface area contributed by atoms with Crippen LogP contribution in [-0.4, -0.2) is 87.4 Å². The molecule has 1 N–H and O–H groups in total. The van der Waals surface area contributed by atoms with Crippen LogP contribution >= 0.6 is 0 Å². The topological polar surface area (TPSA) is 108 Å². The fraction of sp³-hybridized carbons (Fsp3) is 0.947. The van der Waals surface area contributed by atoms with Crippen molar-refractivity contribution in [3.63, 3.8) is 0 Å². The third-order valence-electron chi connectivity index (χ3n) is 22.3. The molecule has 618 valence electrons. The van der Waals surface area contributed by atoms with Gasteiger partial charge in [-0.2, -0.15) is 0 Å². The zero-order chi connectivity index (χ0) is 75.3. The number of carboxylic acids is 1. The Kier molecular flexibility index (Phi) is 85.0. The Balaban J connectivity index is 3.85. The monoisotopic (exact) mass is 1470 g/mol. The van der Waals surface area contributed by atoms with Gasteiger partial charge in [0.05, 0.1) is 34.4 Å². The number of quaternary nitrogens is 1. The highest BCUT2D eigenvalue weighted by Crippen LogP contribution is 2.22. The smallest absolute Gasteiger partial charge is 0.361 e. The third kappa shape index (κ3) is 87.3. The van der Waals surface area contributed by atoms with Crippen molar-refractivity contribution in [2.24, 2.45) is 0 Å². The lowest BCUT2D eigenvalue weighted by molar-refractivity contribution is -0.870. The van der Waals surface area contributed by atoms with Crippen molar-refractivity contribution in [2.75, 3.05) is 47.5 Å². The minimum Gasteiger partial charge on any atom is -0.477 e. The second-order valence-corrected chi connectivity index (χ2v) is 34.0. The number of carboxylic acid groups (broad SMARTS) is 1. The maximum atomic E-state index is 13.0. The largest absolute Gasteiger partial charge is 0.477 e. The quantitative estimate of drug-likeness (QED) is 0.0211. The average molecular weight is 1470 g/mol. The van der Waals surface area contributed by atoms with Crippen molar-refractivity contribution in [1.29, 1.82) is 0 Å². The lowest BCUT2D eigenvalue weighted by Crippen LogP contribution is -2.40. The fourth-order valence-electron chi connectivity index (χ4n) is 15.1. The van der Waals surface area contributed by atoms with Crippen LogP contribution in [0.4, 0.5) is 0 Å². The summed E-state index contributed by atoms with van der Waals surface area (Å²) in [6.45, 7) is 4.99. The van der Waals surface area contributed by atoms with Gasteiger partial charge in [0, 0.05) is 12.8 Å². The first kappa shape index (κ1) is 102. The molecule has 0 amide bonds. The van der Waals surface area contributed by atoms with E-state index in [1.165, 1.54) is 456 Å². The van der Waals surface area contributed by atoms with E-state index in [-0.39, 0.29) is 38.2 Å². The maximum absolute atomic E-state index is 13.0. The second kappa shape index (κ2) is 86.6. The number of unbranched alkanes of at least 4 members (excludes halogenated alkanes) is 74. The third-order valence-corrected chi connectivity index (χ3v) is 22.3. The van der Waals surface area contributed by atoms with E-state index in [0.717, 1.165) is 38.5 Å². The summed E-state index contributed by atoms with van der Waals surface area (Å²) >= 11 is 0. The second-order valence-electron chi connectivity index (χ2n) is 34.0. The summed E-state index contributed by atoms with van der Waals surface area (Å²) in [5.74, 6) is -1.96. The Bertz CT molecular complexity index is 1710. The molecule has 0 fully saturated rings. The van der Waals surface area contributed by atoms with Gasteiger partial charge in [0.25, 0.3) is 6.29 Å². The molecule has 0 bridgehead atoms. The van der Waals surface area contributed by atoms with Crippen LogP contribution in [0.15, 0.2) is 12.2 Å². The van der Waals surface area contributed by atoms with Crippen LogP contribution in [0.1, 0.15) is 521 Å². The first-order valence-electron chi connectivity index (χ1n) is 47.4. The van der Waals surface area contributed by atoms with E-state index >= 15 is 0 Å². The van der Waals surface area contributed by atoms with Crippen LogP contribution in [0.5, 0.6) is 0 Å². The highest BCUT2D eigenvalue weighted by molar-refractivity contribution is 5.71. The van der Waals surface area contributed by atoms with Gasteiger partial charge in [-0.15, -0.1) is 0 Å². The number of hydrogen-bond acceptors (Lipinski definition) is 7. The number of likely N-dealkylation sites (N-methyl/N-ethyl adjacent to an activating group) is 1. The molecule has 0 rings (SSSR count). The molecule has 0 aromatic carbocycles. The number of allylic oxidation sites excluding steroid dienone is 2. The van der Waals surface area contributed by atoms with Crippen molar-refractivity contribution < 1.29 is 42.9 Å². The number of ether oxygens (including phenoxy) is 4. The van der Waals surface area contributed by atoms with E-state index < -0.39 is 18.4 Å². The molecule has 0 aliphatic rings. The Morgan fingerprint density at radius 1 is 0.279 bits per heavy atom. The molecule has 9 heteroatoms. The predicted molar refractivity (Wildman–Crippen MR) is 452 cm³/mol. The van der Waals surface area contributed by atoms with Crippen molar-refractivity contribution in [2.45, 2.75) is 533 Å². The first-order chi connectivity index (χ1) is 51.1. The molecule has 0 aromatic rings. The van der Waals surface area contributed by atoms with Crippen LogP contribution < -0.4 is 0 Å². The molecule has 0 spiro atoms. The van der Waals surface area contributed by atoms with E-state index in [1.807, 2.05) is 21.1 Å². The Hall–Kier alpha value is -1.97. The van der Waals surface area contributed by atoms with Crippen molar-refractivity contribution in [3.8, 4) is 0 Å². The zero-order valence-corrected chi connectivity index (χ0v) is 71.3. The number of hydrogen-bond donors (Lipinski definition) is 1. The van der Waals surface area contributed by atoms with Gasteiger partial charge in [0.2, 0.25) is 0 Å². The van der Waals surface area contributed by atoms with E-state index in [2.05, 4.69) is 26.0 Å². The van der Waals surface area contributed by atoms with Crippen LogP contribution in [-0.2, 0) is 33.3 Å². The van der Waals surface area contributed by atoms with Gasteiger partial charge >= 0.3 is 17.9 Å². The number of aliphatic carboxylic acids is 1. The number of rotatable bonds is 91. The van der Waals surface area contributed by atoms with Crippen molar-refractivity contribution in [3.05, 3.63) is 12.2 Å². The van der Waals surface area contributed by atoms with E-state index in [0.29, 0.717) is 17.4 Å². The van der Waals surface area contributed by atoms with Crippen LogP contribution in [0.2, 0.25) is 0 Å². The molecule has 2 atom stereocenters. The van der Waals surface area contributed by atoms with Gasteiger partial charge < -0.3 is 28.5 Å². The molecule has 2 unspecified atom stereocenters. The minimum atomic E-state index is -1.51. The van der Waals surface area contributed by atoms with Gasteiger partial charge in [-0.05, 0) is 38.5 Å². The Morgan fingerprint density at radius 2 is 0.490 bits per heavy atom. The summed E-state index contributed by atoms with van der Waals surface area (Å²) in [6, 6.07) is 0. The molecular formula is C95H186NO8+. The molecule has 0 saturated carbocycles. The molecule has 0 aliphatic heterocycles. The van der Waals surface area contributed by atoms with Gasteiger partial charge in [0.1, 0.15) is 13.2 Å². The number of esters is 2. The molecule has 0 saturated heterocycles. The standard InChI is InChI=1S/C95H185NO8/c1-6-8-10-12-14-16-18-20-22-24-26-28-30-32-34-36-38-40-42-44-46-48-49-51-53-55-57-59-61-63-65-67-69-71-73-75-77-79-81-83-85-92(97)102-89-91(90-103-95(94(99)100)101-88-87-96(3,4)5)104-93(98)86-84-82-80-78-76-74-72-70-68-66-64-62-60-58-56-54-52-50-47-45-43-41-39-37-35-33-31-29-27-25-23-21-19-17-15-13-11-9-7-2/h25,27,91,95H,6-24,26,28-90H2,1-5H3/p+1/b27-25-. The van der Waals surface area contributed by atoms with Crippen LogP contribution in [0.3, 0.4) is 0 Å². The summed E-state index contributed by atoms with van der Waals surface area (Å²) in [5, 5.41) is 9.80. The van der Waals surface area contributed by atoms with Crippen LogP contribution in [0, 0.1) is 0 Å². The lowest BCUT2D eigenvalue weighted by atomic mass is 10.0. The predicted octanol–water partition coefficient (Wildman–Crippen LogP) is 31.0. The molecule has 0 radical (unpaired) electrons. The summed E-state index contributed by atoms with van der Waals surface area (Å²) in [4.78, 5) is 37.8. The average Bonchev–Trinajstić information content (AvgIpc) is 1.13. The highest BCUT2D eigenvalue weighted by atomic mass is 16.7. The first-order valence-corrected chi connectivity index (χ1v) is 47.4. The summed E-state index contributed by atoms with van der Waals surface area (Å²) in [7, 11) is 6.01. The van der Waals surface area contributed by atoms with Crippen molar-refractivity contribution >= 4 is 17.9 Å². The lowest BCUT2D eigenvalue weighted by Gasteiger charge is -2.25. The molecule has 104 heavy (non-hydrogen) atoms. The Morgan fingerprint density at radius 3 is 0.712 bits per heavy atom. The van der Waals surface area contributed by atoms with Crippen molar-refractivity contribution in [1.82, 2.24) is 0 Å². The maximum Gasteiger partial charge on any atom is 0.361 e. The summed E-state index contributed by atoms with van der Waals surface area (Å²) < 4.78 is 23.1. The molecule has 9 nitrogen and oxygen atoms in total. The minimum absolute atomic E-state index is 0.172. The van der Waals surface area contributed by atoms with E-state index in [1.54, 1.807) is 0 Å². The zero-order valence-electron chi connectivity index (χ0n) is 71.3. The summed E-state index contributed by atoms with van der Waals surface area (Å²) in [5.41, 5.74) is 0. The fourth-order valence-corrected chi connectivity index (χ4v) is 15.1. The Labute approximate surface area is 650 Å². The number of nitrogens with zero attached hydrogens (tertiary/aromatic N) is 1. The van der Waals surface area contributed by atoms with Gasteiger partial charge in [0.15, 0.2) is 6.10 Å². The van der Waals surface area contributed by atoms with Gasteiger partial charge in [-0.3, -0.25) is 9.59 Å². The van der Waals surface area contributed by atoms with Gasteiger partial charge in [-0.25, -0.2) is 4.79 Å². The SMILES string of the molecule is CCCCCCCCCC/C=C\CCCCCCCCCCCCCCCCCCCCCCCCCCCCCC(=O)OC(COC(=O)CCCCCCCCCCCCCCCCCCCCCCCCCCCCCCCCCCCCCCCCCC)COC(OCC[N+](C)(C)C)C(=O)O. The summed E-state index contributed by atoms with van der Waals surface area (Å²) in [6.07, 6.45) is 109. The number of carbonyl (C=O) groups is 3. The normalized spacial score (nSPS) is 12.5. The number of carbonyl (C=O) groups excluding carboxylic acids is 2. The molecule has 0 aromatic heterocycles. The highest BCUT2D eigenvalue weighted by Gasteiger charge is 2.25. The molecule has 0 aliphatic carbocycles. The van der Waals surface area contributed by atoms with E-state index in [4.69, 9.17) is 18.9 Å². The molecular weight excluding hydrogens is 1280 g/mol. The van der Waals surface area contributed by atoms with Gasteiger partial charge in [-0.1, -0.05) is 482 Å². The molecule has 0 heterocycles.